The fourth-order valence-electron chi connectivity index (χ4n) is 1.08. The van der Waals surface area contributed by atoms with Crippen molar-refractivity contribution in [2.45, 2.75) is 5.16 Å². The molecule has 0 aliphatic carbocycles. The summed E-state index contributed by atoms with van der Waals surface area (Å²) >= 11 is 0. The van der Waals surface area contributed by atoms with Crippen molar-refractivity contribution in [3.05, 3.63) is 18.6 Å². The van der Waals surface area contributed by atoms with E-state index in [0.717, 1.165) is 5.56 Å². The number of rotatable bonds is 2. The van der Waals surface area contributed by atoms with Gasteiger partial charge in [0.2, 0.25) is 5.16 Å². The maximum atomic E-state index is 11.0. The highest BCUT2D eigenvalue weighted by Crippen LogP contribution is 2.13. The Labute approximate surface area is 88.8 Å². The van der Waals surface area contributed by atoms with Crippen LogP contribution >= 0.6 is 0 Å². The highest BCUT2D eigenvalue weighted by atomic mass is 32.2. The van der Waals surface area contributed by atoms with E-state index in [-0.39, 0.29) is 5.16 Å². The van der Waals surface area contributed by atoms with Crippen LogP contribution in [0.3, 0.4) is 0 Å². The van der Waals surface area contributed by atoms with Gasteiger partial charge in [-0.1, -0.05) is 0 Å². The van der Waals surface area contributed by atoms with Gasteiger partial charge < -0.3 is 0 Å². The van der Waals surface area contributed by atoms with Crippen LogP contribution in [0.1, 0.15) is 0 Å². The van der Waals surface area contributed by atoms with Gasteiger partial charge >= 0.3 is 0 Å². The Balaban J connectivity index is 2.35. The molecule has 0 aliphatic heterocycles. The summed E-state index contributed by atoms with van der Waals surface area (Å²) in [6.07, 6.45) is 6.55. The molecular formula is C8H9N5OS. The molecule has 0 spiro atoms. The molecule has 2 aromatic rings. The van der Waals surface area contributed by atoms with Gasteiger partial charge in [-0.15, -0.1) is 10.2 Å². The van der Waals surface area contributed by atoms with E-state index < -0.39 is 10.8 Å². The van der Waals surface area contributed by atoms with Crippen molar-refractivity contribution >= 4 is 10.8 Å². The van der Waals surface area contributed by atoms with E-state index in [0.29, 0.717) is 5.69 Å². The molecule has 78 valence electrons. The molecular weight excluding hydrogens is 214 g/mol. The van der Waals surface area contributed by atoms with Crippen LogP contribution in [-0.4, -0.2) is 35.4 Å². The molecule has 0 radical (unpaired) electrons. The van der Waals surface area contributed by atoms with Crippen molar-refractivity contribution in [3.63, 3.8) is 0 Å². The summed E-state index contributed by atoms with van der Waals surface area (Å²) in [5, 5.41) is 11.9. The largest absolute Gasteiger partial charge is 0.275 e. The first-order chi connectivity index (χ1) is 7.16. The first-order valence-corrected chi connectivity index (χ1v) is 5.75. The second kappa shape index (κ2) is 3.85. The summed E-state index contributed by atoms with van der Waals surface area (Å²) < 4.78 is 12.7. The molecule has 0 saturated heterocycles. The molecule has 0 aliphatic rings. The van der Waals surface area contributed by atoms with Gasteiger partial charge in [-0.25, -0.2) is 4.98 Å². The van der Waals surface area contributed by atoms with Crippen LogP contribution in [0.5, 0.6) is 0 Å². The smallest absolute Gasteiger partial charge is 0.239 e. The average molecular weight is 223 g/mol. The Morgan fingerprint density at radius 2 is 2.13 bits per heavy atom. The lowest BCUT2D eigenvalue weighted by atomic mass is 10.3. The fraction of sp³-hybridized carbons (Fsp3) is 0.250. The number of aromatic nitrogens is 5. The van der Waals surface area contributed by atoms with Gasteiger partial charge in [-0.05, 0) is 0 Å². The first kappa shape index (κ1) is 9.91. The third-order valence-electron chi connectivity index (χ3n) is 1.80. The van der Waals surface area contributed by atoms with E-state index in [1.807, 2.05) is 13.2 Å². The Bertz CT molecular complexity index is 492. The number of aryl methyl sites for hydroxylation is 1. The van der Waals surface area contributed by atoms with Crippen molar-refractivity contribution < 1.29 is 4.21 Å². The van der Waals surface area contributed by atoms with Crippen LogP contribution in [0.25, 0.3) is 11.3 Å². The van der Waals surface area contributed by atoms with Crippen LogP contribution in [-0.2, 0) is 17.8 Å². The summed E-state index contributed by atoms with van der Waals surface area (Å²) in [6, 6.07) is 0. The van der Waals surface area contributed by atoms with E-state index >= 15 is 0 Å². The van der Waals surface area contributed by atoms with Crippen molar-refractivity contribution in [2.75, 3.05) is 6.26 Å². The molecule has 1 atom stereocenters. The highest BCUT2D eigenvalue weighted by molar-refractivity contribution is 7.84. The number of nitrogens with zero attached hydrogens (tertiary/aromatic N) is 5. The topological polar surface area (TPSA) is 73.6 Å². The quantitative estimate of drug-likeness (QED) is 0.717. The average Bonchev–Trinajstić information content (AvgIpc) is 2.65. The molecule has 0 unspecified atom stereocenters. The molecule has 2 rings (SSSR count). The predicted octanol–water partition coefficient (Wildman–Crippen LogP) is 0.00950. The van der Waals surface area contributed by atoms with Crippen LogP contribution in [0.2, 0.25) is 0 Å². The Morgan fingerprint density at radius 3 is 2.60 bits per heavy atom. The Kier molecular flexibility index (Phi) is 2.55. The van der Waals surface area contributed by atoms with E-state index in [1.54, 1.807) is 17.1 Å². The molecule has 0 aromatic carbocycles. The molecule has 0 amide bonds. The summed E-state index contributed by atoms with van der Waals surface area (Å²) in [6.45, 7) is 0. The Morgan fingerprint density at radius 1 is 1.33 bits per heavy atom. The summed E-state index contributed by atoms with van der Waals surface area (Å²) in [5.41, 5.74) is 1.46. The van der Waals surface area contributed by atoms with Gasteiger partial charge in [-0.3, -0.25) is 8.89 Å². The number of hydrogen-bond acceptors (Lipinski definition) is 5. The third-order valence-corrected chi connectivity index (χ3v) is 2.50. The minimum absolute atomic E-state index is 0.239. The van der Waals surface area contributed by atoms with Crippen LogP contribution < -0.4 is 0 Å². The van der Waals surface area contributed by atoms with E-state index in [4.69, 9.17) is 0 Å². The molecule has 0 bridgehead atoms. The zero-order valence-electron chi connectivity index (χ0n) is 8.28. The lowest BCUT2D eigenvalue weighted by molar-refractivity contribution is 0.675. The van der Waals surface area contributed by atoms with Gasteiger partial charge in [0.15, 0.2) is 0 Å². The summed E-state index contributed by atoms with van der Waals surface area (Å²) in [7, 11) is 0.625. The molecule has 0 N–H and O–H groups in total. The highest BCUT2D eigenvalue weighted by Gasteiger charge is 2.05. The van der Waals surface area contributed by atoms with Gasteiger partial charge in [-0.2, -0.15) is 5.10 Å². The molecule has 15 heavy (non-hydrogen) atoms. The number of hydrogen-bond donors (Lipinski definition) is 0. The Hall–Kier alpha value is -1.63. The molecule has 0 fully saturated rings. The molecule has 2 aromatic heterocycles. The van der Waals surface area contributed by atoms with Gasteiger partial charge in [0.05, 0.1) is 23.2 Å². The van der Waals surface area contributed by atoms with Crippen LogP contribution in [0.15, 0.2) is 23.7 Å². The van der Waals surface area contributed by atoms with E-state index in [2.05, 4.69) is 20.3 Å². The standard InChI is InChI=1S/C8H9N5OS/c1-13-5-6(3-10-13)7-4-9-8(12-11-7)15(2)14/h3-5H,1-2H3/t15-/m1/s1. The predicted molar refractivity (Wildman–Crippen MR) is 54.4 cm³/mol. The maximum absolute atomic E-state index is 11.0. The first-order valence-electron chi connectivity index (χ1n) is 4.19. The van der Waals surface area contributed by atoms with Crippen molar-refractivity contribution in [1.29, 1.82) is 0 Å². The monoisotopic (exact) mass is 223 g/mol. The SMILES string of the molecule is Cn1cc(-c2cnc([S@@](C)=O)nn2)cn1. The maximum Gasteiger partial charge on any atom is 0.239 e. The van der Waals surface area contributed by atoms with Crippen molar-refractivity contribution in [2.24, 2.45) is 7.05 Å². The van der Waals surface area contributed by atoms with Gasteiger partial charge in [0, 0.05) is 25.1 Å². The molecule has 2 heterocycles. The molecule has 6 nitrogen and oxygen atoms in total. The van der Waals surface area contributed by atoms with E-state index in [1.165, 1.54) is 6.26 Å². The second-order valence-electron chi connectivity index (χ2n) is 2.98. The van der Waals surface area contributed by atoms with Crippen molar-refractivity contribution in [3.8, 4) is 11.3 Å². The normalized spacial score (nSPS) is 12.7. The zero-order valence-corrected chi connectivity index (χ0v) is 9.10. The molecule has 0 saturated carbocycles. The van der Waals surface area contributed by atoms with Crippen LogP contribution in [0.4, 0.5) is 0 Å². The van der Waals surface area contributed by atoms with Gasteiger partial charge in [0.1, 0.15) is 5.69 Å². The lowest BCUT2D eigenvalue weighted by Crippen LogP contribution is -1.99. The molecule has 7 heteroatoms. The minimum atomic E-state index is -1.19. The summed E-state index contributed by atoms with van der Waals surface area (Å²) in [5.74, 6) is 0. The second-order valence-corrected chi connectivity index (χ2v) is 4.26. The fourth-order valence-corrected chi connectivity index (χ4v) is 1.44. The van der Waals surface area contributed by atoms with Gasteiger partial charge in [0.25, 0.3) is 0 Å². The van der Waals surface area contributed by atoms with E-state index in [9.17, 15) is 4.21 Å². The third kappa shape index (κ3) is 2.07. The summed E-state index contributed by atoms with van der Waals surface area (Å²) in [4.78, 5) is 3.95. The van der Waals surface area contributed by atoms with Crippen LogP contribution in [0, 0.1) is 0 Å². The van der Waals surface area contributed by atoms with Crippen molar-refractivity contribution in [1.82, 2.24) is 25.0 Å². The lowest BCUT2D eigenvalue weighted by Gasteiger charge is -1.95. The zero-order chi connectivity index (χ0) is 10.8. The minimum Gasteiger partial charge on any atom is -0.275 e.